The fraction of sp³-hybridized carbons (Fsp3) is 0.556. The van der Waals surface area contributed by atoms with E-state index in [-0.39, 0.29) is 40.0 Å². The highest BCUT2D eigenvalue weighted by Crippen LogP contribution is 2.35. The molecule has 0 saturated heterocycles. The number of halogens is 4. The van der Waals surface area contributed by atoms with Gasteiger partial charge in [-0.3, -0.25) is 0 Å². The molecule has 0 N–H and O–H groups in total. The van der Waals surface area contributed by atoms with E-state index in [1.54, 1.807) is 20.8 Å². The number of rotatable bonds is 14. The normalized spacial score (nSPS) is 16.2. The van der Waals surface area contributed by atoms with Crippen molar-refractivity contribution in [3.05, 3.63) is 71.9 Å². The van der Waals surface area contributed by atoms with Gasteiger partial charge in [-0.05, 0) is 71.6 Å². The highest BCUT2D eigenvalue weighted by molar-refractivity contribution is 5.37. The Morgan fingerprint density at radius 1 is 0.548 bits per heavy atom. The standard InChI is InChI=1S/C27H40F4/c1-11-17(4)24(28)25(29)21(8)19(6)14-15-20(7)23(10)27(31)26(30)22(9)18(5)13-12-16(2)3/h16,18-20H,4,8-15H2,1-3,5-7H3/b25-24-,27-26-. The molecule has 31 heavy (non-hydrogen) atoms. The minimum absolute atomic E-state index is 0.0412. The number of allylic oxidation sites excluding steroid dienone is 8. The molecule has 0 spiro atoms. The second kappa shape index (κ2) is 13.5. The molecule has 0 radical (unpaired) electrons. The van der Waals surface area contributed by atoms with Crippen LogP contribution in [0.2, 0.25) is 0 Å². The molecule has 0 rings (SSSR count). The topological polar surface area (TPSA) is 0 Å². The van der Waals surface area contributed by atoms with Crippen LogP contribution in [0.15, 0.2) is 71.9 Å². The maximum Gasteiger partial charge on any atom is 0.161 e. The van der Waals surface area contributed by atoms with Gasteiger partial charge in [0.1, 0.15) is 0 Å². The third kappa shape index (κ3) is 9.04. The molecule has 0 heterocycles. The minimum Gasteiger partial charge on any atom is -0.203 e. The molecule has 0 fully saturated rings. The lowest BCUT2D eigenvalue weighted by molar-refractivity contribution is 0.451. The summed E-state index contributed by atoms with van der Waals surface area (Å²) in [5, 5.41) is 0. The summed E-state index contributed by atoms with van der Waals surface area (Å²) in [5.41, 5.74) is 0.318. The molecule has 0 amide bonds. The van der Waals surface area contributed by atoms with Gasteiger partial charge in [0.05, 0.1) is 0 Å². The Bertz CT molecular complexity index is 736. The first kappa shape index (κ1) is 29.2. The zero-order chi connectivity index (χ0) is 24.5. The highest BCUT2D eigenvalue weighted by atomic mass is 19.2. The van der Waals surface area contributed by atoms with Crippen LogP contribution in [0.25, 0.3) is 0 Å². The van der Waals surface area contributed by atoms with Crippen LogP contribution in [0.4, 0.5) is 17.6 Å². The minimum atomic E-state index is -0.991. The molecular weight excluding hydrogens is 400 g/mol. The van der Waals surface area contributed by atoms with Gasteiger partial charge >= 0.3 is 0 Å². The predicted octanol–water partition coefficient (Wildman–Crippen LogP) is 10.0. The van der Waals surface area contributed by atoms with Gasteiger partial charge in [-0.1, -0.05) is 74.3 Å². The summed E-state index contributed by atoms with van der Waals surface area (Å²) in [6.45, 7) is 25.8. The van der Waals surface area contributed by atoms with E-state index >= 15 is 0 Å². The molecular formula is C27H40F4. The van der Waals surface area contributed by atoms with Crippen LogP contribution < -0.4 is 0 Å². The molecule has 0 bridgehead atoms. The van der Waals surface area contributed by atoms with Crippen LogP contribution in [0.1, 0.15) is 73.6 Å². The number of hydrogen-bond acceptors (Lipinski definition) is 0. The fourth-order valence-corrected chi connectivity index (χ4v) is 2.99. The first-order chi connectivity index (χ1) is 14.3. The fourth-order valence-electron chi connectivity index (χ4n) is 2.99. The van der Waals surface area contributed by atoms with Gasteiger partial charge in [0.15, 0.2) is 23.3 Å². The van der Waals surface area contributed by atoms with Gasteiger partial charge in [-0.25, -0.2) is 17.6 Å². The van der Waals surface area contributed by atoms with E-state index in [2.05, 4.69) is 40.2 Å². The molecule has 0 aliphatic rings. The predicted molar refractivity (Wildman–Crippen MR) is 126 cm³/mol. The first-order valence-electron chi connectivity index (χ1n) is 11.1. The van der Waals surface area contributed by atoms with Gasteiger partial charge in [0.2, 0.25) is 0 Å². The van der Waals surface area contributed by atoms with Gasteiger partial charge in [0.25, 0.3) is 0 Å². The quantitative estimate of drug-likeness (QED) is 0.186. The zero-order valence-corrected chi connectivity index (χ0v) is 20.2. The van der Waals surface area contributed by atoms with Crippen LogP contribution in [-0.4, -0.2) is 0 Å². The second-order valence-electron chi connectivity index (χ2n) is 9.04. The molecule has 3 atom stereocenters. The number of hydrogen-bond donors (Lipinski definition) is 0. The van der Waals surface area contributed by atoms with E-state index in [0.29, 0.717) is 25.2 Å². The Morgan fingerprint density at radius 2 is 0.839 bits per heavy atom. The maximum atomic E-state index is 14.7. The summed E-state index contributed by atoms with van der Waals surface area (Å²) in [4.78, 5) is 0. The third-order valence-electron chi connectivity index (χ3n) is 5.96. The molecule has 0 saturated carbocycles. The Kier molecular flexibility index (Phi) is 12.7. The van der Waals surface area contributed by atoms with Crippen LogP contribution >= 0.6 is 0 Å². The van der Waals surface area contributed by atoms with Crippen LogP contribution in [-0.2, 0) is 0 Å². The van der Waals surface area contributed by atoms with E-state index < -0.39 is 23.3 Å². The molecule has 0 aromatic heterocycles. The largest absolute Gasteiger partial charge is 0.203 e. The Morgan fingerprint density at radius 3 is 1.13 bits per heavy atom. The highest BCUT2D eigenvalue weighted by Gasteiger charge is 2.23. The second-order valence-corrected chi connectivity index (χ2v) is 9.04. The molecule has 0 aliphatic carbocycles. The lowest BCUT2D eigenvalue weighted by atomic mass is 9.87. The lowest BCUT2D eigenvalue weighted by Crippen LogP contribution is -2.08. The average Bonchev–Trinajstić information content (AvgIpc) is 2.76. The Labute approximate surface area is 187 Å². The summed E-state index contributed by atoms with van der Waals surface area (Å²) in [6, 6.07) is 0. The monoisotopic (exact) mass is 440 g/mol. The summed E-state index contributed by atoms with van der Waals surface area (Å²) in [7, 11) is 0. The van der Waals surface area contributed by atoms with Crippen molar-refractivity contribution >= 4 is 0 Å². The third-order valence-corrected chi connectivity index (χ3v) is 5.96. The summed E-state index contributed by atoms with van der Waals surface area (Å²) < 4.78 is 57.6. The SMILES string of the molecule is C=C(CC)/C(F)=C(/F)C(=C)C(C)CCC(C)C(=C)/C(F)=C(/F)C(=C)C(C)CCC(C)C. The molecule has 0 aliphatic heterocycles. The molecule has 0 aromatic carbocycles. The van der Waals surface area contributed by atoms with Gasteiger partial charge < -0.3 is 0 Å². The molecule has 0 aromatic rings. The van der Waals surface area contributed by atoms with Crippen molar-refractivity contribution in [1.29, 1.82) is 0 Å². The molecule has 176 valence electrons. The van der Waals surface area contributed by atoms with Gasteiger partial charge in [0, 0.05) is 0 Å². The molecule has 4 heteroatoms. The molecule has 0 nitrogen and oxygen atoms in total. The van der Waals surface area contributed by atoms with Crippen molar-refractivity contribution in [1.82, 2.24) is 0 Å². The first-order valence-corrected chi connectivity index (χ1v) is 11.1. The smallest absolute Gasteiger partial charge is 0.161 e. The van der Waals surface area contributed by atoms with Crippen molar-refractivity contribution in [3.63, 3.8) is 0 Å². The van der Waals surface area contributed by atoms with Crippen molar-refractivity contribution in [2.75, 3.05) is 0 Å². The zero-order valence-electron chi connectivity index (χ0n) is 20.2. The van der Waals surface area contributed by atoms with E-state index in [1.807, 2.05) is 6.92 Å². The maximum absolute atomic E-state index is 14.7. The van der Waals surface area contributed by atoms with Crippen molar-refractivity contribution in [2.24, 2.45) is 23.7 Å². The summed E-state index contributed by atoms with van der Waals surface area (Å²) >= 11 is 0. The van der Waals surface area contributed by atoms with Gasteiger partial charge in [-0.15, -0.1) is 0 Å². The van der Waals surface area contributed by atoms with Crippen molar-refractivity contribution in [2.45, 2.75) is 73.6 Å². The average molecular weight is 441 g/mol. The summed E-state index contributed by atoms with van der Waals surface area (Å²) in [6.07, 6.45) is 2.80. The van der Waals surface area contributed by atoms with Gasteiger partial charge in [-0.2, -0.15) is 0 Å². The van der Waals surface area contributed by atoms with Crippen molar-refractivity contribution < 1.29 is 17.6 Å². The van der Waals surface area contributed by atoms with E-state index in [9.17, 15) is 17.6 Å². The van der Waals surface area contributed by atoms with Crippen LogP contribution in [0.3, 0.4) is 0 Å². The molecule has 3 unspecified atom stereocenters. The van der Waals surface area contributed by atoms with E-state index in [0.717, 1.165) is 12.8 Å². The Balaban J connectivity index is 5.08. The summed E-state index contributed by atoms with van der Waals surface area (Å²) in [5.74, 6) is -4.31. The Hall–Kier alpha value is -1.84. The van der Waals surface area contributed by atoms with Crippen LogP contribution in [0, 0.1) is 23.7 Å². The van der Waals surface area contributed by atoms with E-state index in [4.69, 9.17) is 0 Å². The van der Waals surface area contributed by atoms with E-state index in [1.165, 1.54) is 0 Å². The van der Waals surface area contributed by atoms with Crippen molar-refractivity contribution in [3.8, 4) is 0 Å². The lowest BCUT2D eigenvalue weighted by Gasteiger charge is -2.20. The van der Waals surface area contributed by atoms with Crippen LogP contribution in [0.5, 0.6) is 0 Å².